The van der Waals surface area contributed by atoms with Crippen LogP contribution in [0.2, 0.25) is 0 Å². The zero-order valence-electron chi connectivity index (χ0n) is 40.4. The van der Waals surface area contributed by atoms with Gasteiger partial charge in [0.1, 0.15) is 13.2 Å². The number of hydrogen-bond acceptors (Lipinski definition) is 6. The van der Waals surface area contributed by atoms with Gasteiger partial charge in [0.05, 0.1) is 0 Å². The molecule has 0 aliphatic rings. The quantitative estimate of drug-likeness (QED) is 0.0263. The van der Waals surface area contributed by atoms with E-state index in [9.17, 15) is 14.4 Å². The van der Waals surface area contributed by atoms with Crippen LogP contribution >= 0.6 is 0 Å². The molecule has 6 heteroatoms. The Hall–Kier alpha value is -3.41. The van der Waals surface area contributed by atoms with Crippen LogP contribution in [0.4, 0.5) is 0 Å². The molecule has 0 aliphatic heterocycles. The zero-order valence-corrected chi connectivity index (χ0v) is 40.4. The third-order valence-electron chi connectivity index (χ3n) is 10.6. The molecule has 0 aromatic carbocycles. The Labute approximate surface area is 382 Å². The second kappa shape index (κ2) is 50.2. The summed E-state index contributed by atoms with van der Waals surface area (Å²) >= 11 is 0. The highest BCUT2D eigenvalue weighted by atomic mass is 16.6. The molecule has 0 aromatic heterocycles. The maximum Gasteiger partial charge on any atom is 0.306 e. The van der Waals surface area contributed by atoms with E-state index in [2.05, 4.69) is 99.8 Å². The Kier molecular flexibility index (Phi) is 47.5. The van der Waals surface area contributed by atoms with Gasteiger partial charge >= 0.3 is 17.9 Å². The van der Waals surface area contributed by atoms with Crippen LogP contribution in [0.1, 0.15) is 233 Å². The Bertz CT molecular complexity index is 1220. The fraction of sp³-hybridized carbons (Fsp3) is 0.696. The van der Waals surface area contributed by atoms with Gasteiger partial charge in [0.2, 0.25) is 0 Å². The number of rotatable bonds is 45. The highest BCUT2D eigenvalue weighted by Gasteiger charge is 2.19. The minimum absolute atomic E-state index is 0.108. The molecule has 0 spiro atoms. The van der Waals surface area contributed by atoms with Gasteiger partial charge < -0.3 is 14.2 Å². The molecule has 0 fully saturated rings. The zero-order chi connectivity index (χ0) is 45.1. The van der Waals surface area contributed by atoms with E-state index in [0.717, 1.165) is 96.3 Å². The Morgan fingerprint density at radius 1 is 0.339 bits per heavy atom. The SMILES string of the molecule is CC/C=C/C/C=C/C/C=C/CCCCCCC(=O)OC(COC(=O)CC/C=C/C/C=C/CCCCCCCC)COC(=O)CCCCCCCCC/C=C/C/C=C/CCCCC. The van der Waals surface area contributed by atoms with Crippen LogP contribution in [0, 0.1) is 0 Å². The van der Waals surface area contributed by atoms with Crippen LogP contribution < -0.4 is 0 Å². The maximum atomic E-state index is 12.8. The summed E-state index contributed by atoms with van der Waals surface area (Å²) < 4.78 is 16.7. The second-order valence-electron chi connectivity index (χ2n) is 16.7. The van der Waals surface area contributed by atoms with Crippen molar-refractivity contribution in [3.63, 3.8) is 0 Å². The number of hydrogen-bond donors (Lipinski definition) is 0. The number of carbonyl (C=O) groups is 3. The lowest BCUT2D eigenvalue weighted by molar-refractivity contribution is -0.166. The van der Waals surface area contributed by atoms with E-state index >= 15 is 0 Å². The maximum absolute atomic E-state index is 12.8. The van der Waals surface area contributed by atoms with E-state index in [4.69, 9.17) is 14.2 Å². The molecule has 0 rings (SSSR count). The summed E-state index contributed by atoms with van der Waals surface area (Å²) in [6.07, 6.45) is 64.3. The van der Waals surface area contributed by atoms with Crippen LogP contribution in [-0.4, -0.2) is 37.2 Å². The summed E-state index contributed by atoms with van der Waals surface area (Å²) in [7, 11) is 0. The van der Waals surface area contributed by atoms with Crippen molar-refractivity contribution in [3.8, 4) is 0 Å². The van der Waals surface area contributed by atoms with Gasteiger partial charge in [0.15, 0.2) is 6.10 Å². The second-order valence-corrected chi connectivity index (χ2v) is 16.7. The molecule has 0 saturated carbocycles. The summed E-state index contributed by atoms with van der Waals surface area (Å²) in [5.41, 5.74) is 0. The first-order chi connectivity index (χ1) is 30.5. The Morgan fingerprint density at radius 2 is 0.661 bits per heavy atom. The van der Waals surface area contributed by atoms with Crippen LogP contribution in [-0.2, 0) is 28.6 Å². The van der Waals surface area contributed by atoms with Gasteiger partial charge in [-0.25, -0.2) is 0 Å². The molecule has 0 heterocycles. The summed E-state index contributed by atoms with van der Waals surface area (Å²) in [5.74, 6) is -1.01. The number of allylic oxidation sites excluding steroid dienone is 14. The minimum Gasteiger partial charge on any atom is -0.462 e. The highest BCUT2D eigenvalue weighted by Crippen LogP contribution is 2.13. The molecule has 1 unspecified atom stereocenters. The van der Waals surface area contributed by atoms with E-state index in [1.807, 2.05) is 6.08 Å². The molecule has 0 amide bonds. The fourth-order valence-electron chi connectivity index (χ4n) is 6.77. The third-order valence-corrected chi connectivity index (χ3v) is 10.6. The van der Waals surface area contributed by atoms with Crippen LogP contribution in [0.3, 0.4) is 0 Å². The standard InChI is InChI=1S/C56H94O6/c1-4-7-10-13-16-19-22-25-27-28-29-32-34-37-40-43-46-49-55(58)61-52-53(51-60-54(57)48-45-42-39-36-33-30-24-21-18-15-12-9-6-3)62-56(59)50-47-44-41-38-35-31-26-23-20-17-14-11-8-5-2/h8,11,16-17,19-20,25-27,30-31,33,39,42,53H,4-7,9-10,12-15,18,21-24,28-29,32,34-38,40-41,43-52H2,1-3H3/b11-8+,19-16+,20-17+,27-25+,31-26+,33-30+,42-39+. The molecular weight excluding hydrogens is 769 g/mol. The van der Waals surface area contributed by atoms with Gasteiger partial charge in [-0.05, 0) is 103 Å². The van der Waals surface area contributed by atoms with Gasteiger partial charge in [0.25, 0.3) is 0 Å². The first kappa shape index (κ1) is 58.6. The number of ether oxygens (including phenoxy) is 3. The molecule has 62 heavy (non-hydrogen) atoms. The van der Waals surface area contributed by atoms with E-state index in [0.29, 0.717) is 12.8 Å². The number of carbonyl (C=O) groups excluding carboxylic acids is 3. The summed E-state index contributed by atoms with van der Waals surface area (Å²) in [4.78, 5) is 37.9. The van der Waals surface area contributed by atoms with Gasteiger partial charge in [0, 0.05) is 19.3 Å². The predicted octanol–water partition coefficient (Wildman–Crippen LogP) is 16.8. The monoisotopic (exact) mass is 863 g/mol. The Morgan fingerprint density at radius 3 is 1.11 bits per heavy atom. The van der Waals surface area contributed by atoms with Gasteiger partial charge in [-0.1, -0.05) is 196 Å². The van der Waals surface area contributed by atoms with Crippen molar-refractivity contribution in [2.75, 3.05) is 13.2 Å². The van der Waals surface area contributed by atoms with Gasteiger partial charge in [-0.15, -0.1) is 0 Å². The number of esters is 3. The fourth-order valence-corrected chi connectivity index (χ4v) is 6.77. The molecule has 0 N–H and O–H groups in total. The van der Waals surface area contributed by atoms with Crippen molar-refractivity contribution in [2.24, 2.45) is 0 Å². The lowest BCUT2D eigenvalue weighted by Gasteiger charge is -2.18. The third kappa shape index (κ3) is 47.6. The van der Waals surface area contributed by atoms with Crippen molar-refractivity contribution in [1.82, 2.24) is 0 Å². The summed E-state index contributed by atoms with van der Waals surface area (Å²) in [5, 5.41) is 0. The molecule has 1 atom stereocenters. The van der Waals surface area contributed by atoms with Crippen LogP contribution in [0.15, 0.2) is 85.1 Å². The number of unbranched alkanes of at least 4 members (excludes halogenated alkanes) is 20. The molecule has 0 aliphatic carbocycles. The van der Waals surface area contributed by atoms with E-state index in [1.165, 1.54) is 89.9 Å². The van der Waals surface area contributed by atoms with Crippen LogP contribution in [0.5, 0.6) is 0 Å². The highest BCUT2D eigenvalue weighted by molar-refractivity contribution is 5.71. The van der Waals surface area contributed by atoms with E-state index in [1.54, 1.807) is 0 Å². The average molecular weight is 863 g/mol. The lowest BCUT2D eigenvalue weighted by atomic mass is 10.1. The summed E-state index contributed by atoms with van der Waals surface area (Å²) in [6.45, 7) is 6.41. The molecule has 354 valence electrons. The van der Waals surface area contributed by atoms with Crippen molar-refractivity contribution in [1.29, 1.82) is 0 Å². The van der Waals surface area contributed by atoms with E-state index < -0.39 is 6.10 Å². The van der Waals surface area contributed by atoms with Crippen molar-refractivity contribution in [2.45, 2.75) is 239 Å². The first-order valence-electron chi connectivity index (χ1n) is 25.6. The van der Waals surface area contributed by atoms with Crippen LogP contribution in [0.25, 0.3) is 0 Å². The molecule has 0 aromatic rings. The largest absolute Gasteiger partial charge is 0.462 e. The minimum atomic E-state index is -0.813. The van der Waals surface area contributed by atoms with Crippen molar-refractivity contribution < 1.29 is 28.6 Å². The normalized spacial score (nSPS) is 12.8. The van der Waals surface area contributed by atoms with Gasteiger partial charge in [-0.3, -0.25) is 14.4 Å². The lowest BCUT2D eigenvalue weighted by Crippen LogP contribution is -2.30. The van der Waals surface area contributed by atoms with Crippen molar-refractivity contribution >= 4 is 17.9 Å². The molecule has 6 nitrogen and oxygen atoms in total. The molecule has 0 radical (unpaired) electrons. The van der Waals surface area contributed by atoms with E-state index in [-0.39, 0.29) is 44.0 Å². The van der Waals surface area contributed by atoms with Gasteiger partial charge in [-0.2, -0.15) is 0 Å². The first-order valence-corrected chi connectivity index (χ1v) is 25.6. The average Bonchev–Trinajstić information content (AvgIpc) is 3.27. The molecule has 0 bridgehead atoms. The Balaban J connectivity index is 4.48. The smallest absolute Gasteiger partial charge is 0.306 e. The molecular formula is C56H94O6. The van der Waals surface area contributed by atoms with Crippen molar-refractivity contribution in [3.05, 3.63) is 85.1 Å². The molecule has 0 saturated heterocycles. The summed E-state index contributed by atoms with van der Waals surface area (Å²) in [6, 6.07) is 0. The predicted molar refractivity (Wildman–Crippen MR) is 265 cm³/mol. The topological polar surface area (TPSA) is 78.9 Å².